The van der Waals surface area contributed by atoms with Crippen molar-refractivity contribution in [2.24, 2.45) is 5.41 Å². The van der Waals surface area contributed by atoms with E-state index in [0.717, 1.165) is 33.2 Å². The third-order valence-corrected chi connectivity index (χ3v) is 5.02. The lowest BCUT2D eigenvalue weighted by Gasteiger charge is -2.41. The monoisotopic (exact) mass is 367 g/mol. The molecule has 1 aliphatic heterocycles. The molecule has 26 heavy (non-hydrogen) atoms. The number of likely N-dealkylation sites (N-methyl/N-ethyl adjacent to an activating group) is 1. The summed E-state index contributed by atoms with van der Waals surface area (Å²) in [4.78, 5) is 2.85. The zero-order chi connectivity index (χ0) is 18.9. The molecule has 1 aliphatic rings. The van der Waals surface area contributed by atoms with Crippen LogP contribution >= 0.6 is 12.2 Å². The Hall–Kier alpha value is -2.33. The SMILES string of the molecule is COc1ccc(C2OC(c3ccccc3)=C(C(C)(C)C)C(=S)N2C)cc1. The molecule has 1 unspecified atom stereocenters. The van der Waals surface area contributed by atoms with Gasteiger partial charge in [-0.15, -0.1) is 0 Å². The lowest BCUT2D eigenvalue weighted by atomic mass is 9.83. The highest BCUT2D eigenvalue weighted by Crippen LogP contribution is 2.43. The minimum Gasteiger partial charge on any atom is -0.497 e. The molecule has 0 aliphatic carbocycles. The van der Waals surface area contributed by atoms with Gasteiger partial charge in [0.05, 0.1) is 7.11 Å². The zero-order valence-corrected chi connectivity index (χ0v) is 16.8. The summed E-state index contributed by atoms with van der Waals surface area (Å²) in [7, 11) is 3.66. The molecular weight excluding hydrogens is 342 g/mol. The van der Waals surface area contributed by atoms with Gasteiger partial charge >= 0.3 is 0 Å². The predicted molar refractivity (Wildman–Crippen MR) is 110 cm³/mol. The molecule has 0 fully saturated rings. The lowest BCUT2D eigenvalue weighted by Crippen LogP contribution is -2.40. The van der Waals surface area contributed by atoms with E-state index in [9.17, 15) is 0 Å². The van der Waals surface area contributed by atoms with E-state index in [4.69, 9.17) is 21.7 Å². The maximum Gasteiger partial charge on any atom is 0.199 e. The highest BCUT2D eigenvalue weighted by atomic mass is 32.1. The van der Waals surface area contributed by atoms with Gasteiger partial charge in [0.1, 0.15) is 16.5 Å². The van der Waals surface area contributed by atoms with Crippen LogP contribution in [-0.2, 0) is 4.74 Å². The second kappa shape index (κ2) is 7.12. The second-order valence-corrected chi connectivity index (χ2v) is 7.87. The molecule has 0 saturated carbocycles. The molecule has 2 aromatic rings. The van der Waals surface area contributed by atoms with Crippen LogP contribution in [0, 0.1) is 5.41 Å². The summed E-state index contributed by atoms with van der Waals surface area (Å²) in [5, 5.41) is 0. The first-order chi connectivity index (χ1) is 12.3. The highest BCUT2D eigenvalue weighted by Gasteiger charge is 2.37. The zero-order valence-electron chi connectivity index (χ0n) is 15.9. The van der Waals surface area contributed by atoms with E-state index in [1.165, 1.54) is 0 Å². The Labute approximate surface area is 161 Å². The first kappa shape index (κ1) is 18.5. The Bertz CT molecular complexity index is 819. The van der Waals surface area contributed by atoms with Gasteiger partial charge in [-0.05, 0) is 29.7 Å². The number of hydrogen-bond donors (Lipinski definition) is 0. The number of thiocarbonyl (C=S) groups is 1. The number of nitrogens with zero attached hydrogens (tertiary/aromatic N) is 1. The summed E-state index contributed by atoms with van der Waals surface area (Å²) < 4.78 is 11.8. The maximum absolute atomic E-state index is 6.53. The smallest absolute Gasteiger partial charge is 0.199 e. The van der Waals surface area contributed by atoms with E-state index >= 15 is 0 Å². The Morgan fingerprint density at radius 2 is 1.62 bits per heavy atom. The summed E-state index contributed by atoms with van der Waals surface area (Å²) in [6.07, 6.45) is -0.269. The molecule has 2 aromatic carbocycles. The third-order valence-electron chi connectivity index (χ3n) is 4.53. The quantitative estimate of drug-likeness (QED) is 0.673. The van der Waals surface area contributed by atoms with Crippen molar-refractivity contribution in [2.75, 3.05) is 14.2 Å². The largest absolute Gasteiger partial charge is 0.497 e. The predicted octanol–water partition coefficient (Wildman–Crippen LogP) is 5.44. The summed E-state index contributed by atoms with van der Waals surface area (Å²) in [6.45, 7) is 6.51. The average molecular weight is 368 g/mol. The molecule has 3 nitrogen and oxygen atoms in total. The van der Waals surface area contributed by atoms with E-state index in [0.29, 0.717) is 0 Å². The van der Waals surface area contributed by atoms with E-state index in [1.807, 2.05) is 54.4 Å². The van der Waals surface area contributed by atoms with Crippen LogP contribution in [0.4, 0.5) is 0 Å². The van der Waals surface area contributed by atoms with Crippen LogP contribution < -0.4 is 4.74 Å². The van der Waals surface area contributed by atoms with Gasteiger partial charge in [0.15, 0.2) is 6.23 Å². The molecule has 1 heterocycles. The van der Waals surface area contributed by atoms with E-state index < -0.39 is 0 Å². The van der Waals surface area contributed by atoms with Crippen LogP contribution in [0.1, 0.15) is 38.1 Å². The van der Waals surface area contributed by atoms with E-state index in [2.05, 4.69) is 32.9 Å². The molecular formula is C22H25NO2S. The first-order valence-electron chi connectivity index (χ1n) is 8.71. The molecule has 0 N–H and O–H groups in total. The Morgan fingerprint density at radius 1 is 1.00 bits per heavy atom. The van der Waals surface area contributed by atoms with Crippen LogP contribution in [0.3, 0.4) is 0 Å². The average Bonchev–Trinajstić information content (AvgIpc) is 2.63. The summed E-state index contributed by atoms with van der Waals surface area (Å²) >= 11 is 5.86. The summed E-state index contributed by atoms with van der Waals surface area (Å²) in [5.41, 5.74) is 3.02. The molecule has 0 amide bonds. The fraction of sp³-hybridized carbons (Fsp3) is 0.318. The molecule has 136 valence electrons. The minimum absolute atomic E-state index is 0.124. The van der Waals surface area contributed by atoms with Gasteiger partial charge in [-0.2, -0.15) is 0 Å². The van der Waals surface area contributed by atoms with Gasteiger partial charge in [0, 0.05) is 23.7 Å². The molecule has 3 rings (SSSR count). The van der Waals surface area contributed by atoms with Crippen molar-refractivity contribution < 1.29 is 9.47 Å². The summed E-state index contributed by atoms with van der Waals surface area (Å²) in [6, 6.07) is 18.1. The van der Waals surface area contributed by atoms with E-state index in [1.54, 1.807) is 7.11 Å². The van der Waals surface area contributed by atoms with Gasteiger partial charge in [-0.3, -0.25) is 0 Å². The minimum atomic E-state index is -0.269. The van der Waals surface area contributed by atoms with Crippen LogP contribution in [0.25, 0.3) is 5.76 Å². The van der Waals surface area contributed by atoms with Gasteiger partial charge in [-0.25, -0.2) is 0 Å². The highest BCUT2D eigenvalue weighted by molar-refractivity contribution is 7.80. The number of methoxy groups -OCH3 is 1. The molecule has 0 aromatic heterocycles. The number of ether oxygens (including phenoxy) is 2. The van der Waals surface area contributed by atoms with Crippen molar-refractivity contribution in [1.82, 2.24) is 4.90 Å². The standard InChI is InChI=1S/C22H25NO2S/c1-22(2,3)18-19(15-9-7-6-8-10-15)25-20(23(4)21(18)26)16-11-13-17(24-5)14-12-16/h6-14,20H,1-5H3. The summed E-state index contributed by atoms with van der Waals surface area (Å²) in [5.74, 6) is 1.69. The van der Waals surface area contributed by atoms with Gasteiger partial charge < -0.3 is 14.4 Å². The van der Waals surface area contributed by atoms with Crippen LogP contribution in [0.2, 0.25) is 0 Å². The molecule has 0 spiro atoms. The fourth-order valence-electron chi connectivity index (χ4n) is 3.15. The molecule has 0 bridgehead atoms. The number of hydrogen-bond acceptors (Lipinski definition) is 3. The Balaban J connectivity index is 2.10. The van der Waals surface area contributed by atoms with Crippen LogP contribution in [0.5, 0.6) is 5.75 Å². The van der Waals surface area contributed by atoms with Crippen LogP contribution in [-0.4, -0.2) is 24.0 Å². The molecule has 0 saturated heterocycles. The van der Waals surface area contributed by atoms with Crippen molar-refractivity contribution in [3.05, 3.63) is 71.3 Å². The van der Waals surface area contributed by atoms with Crippen molar-refractivity contribution >= 4 is 23.0 Å². The number of benzene rings is 2. The molecule has 1 atom stereocenters. The molecule has 4 heteroatoms. The first-order valence-corrected chi connectivity index (χ1v) is 9.11. The Kier molecular flexibility index (Phi) is 5.05. The molecule has 0 radical (unpaired) electrons. The number of rotatable bonds is 3. The third kappa shape index (κ3) is 3.47. The lowest BCUT2D eigenvalue weighted by molar-refractivity contribution is 0.0569. The van der Waals surface area contributed by atoms with Crippen molar-refractivity contribution in [2.45, 2.75) is 27.0 Å². The van der Waals surface area contributed by atoms with Crippen LogP contribution in [0.15, 0.2) is 60.2 Å². The maximum atomic E-state index is 6.53. The van der Waals surface area contributed by atoms with Crippen molar-refractivity contribution in [1.29, 1.82) is 0 Å². The van der Waals surface area contributed by atoms with E-state index in [-0.39, 0.29) is 11.6 Å². The topological polar surface area (TPSA) is 21.7 Å². The van der Waals surface area contributed by atoms with Crippen molar-refractivity contribution in [3.63, 3.8) is 0 Å². The second-order valence-electron chi connectivity index (χ2n) is 7.48. The normalized spacial score (nSPS) is 18.0. The Morgan fingerprint density at radius 3 is 2.15 bits per heavy atom. The van der Waals surface area contributed by atoms with Gasteiger partial charge in [-0.1, -0.05) is 63.3 Å². The van der Waals surface area contributed by atoms with Gasteiger partial charge in [0.2, 0.25) is 0 Å². The van der Waals surface area contributed by atoms with Gasteiger partial charge in [0.25, 0.3) is 0 Å². The van der Waals surface area contributed by atoms with Crippen molar-refractivity contribution in [3.8, 4) is 5.75 Å². The fourth-order valence-corrected chi connectivity index (χ4v) is 3.65.